The maximum atomic E-state index is 13.1. The summed E-state index contributed by atoms with van der Waals surface area (Å²) in [4.78, 5) is 30.7. The number of halogens is 3. The van der Waals surface area contributed by atoms with Gasteiger partial charge in [-0.15, -0.1) is 0 Å². The van der Waals surface area contributed by atoms with Gasteiger partial charge in [-0.3, -0.25) is 14.6 Å². The number of benzene rings is 2. The highest BCUT2D eigenvalue weighted by molar-refractivity contribution is 5.96. The fourth-order valence-corrected chi connectivity index (χ4v) is 3.16. The van der Waals surface area contributed by atoms with Crippen molar-refractivity contribution < 1.29 is 22.8 Å². The molecule has 2 amide bonds. The van der Waals surface area contributed by atoms with Crippen LogP contribution in [0.4, 0.5) is 18.9 Å². The number of nitrogens with one attached hydrogen (secondary N) is 1. The number of para-hydroxylation sites is 2. The molecule has 0 atom stereocenters. The van der Waals surface area contributed by atoms with Crippen molar-refractivity contribution in [3.05, 3.63) is 71.9 Å². The Hall–Kier alpha value is -3.42. The minimum Gasteiger partial charge on any atom is -0.333 e. The molecule has 1 N–H and O–H groups in total. The van der Waals surface area contributed by atoms with E-state index in [9.17, 15) is 22.8 Å². The summed E-state index contributed by atoms with van der Waals surface area (Å²) < 4.78 is 39.3. The van der Waals surface area contributed by atoms with Gasteiger partial charge in [0.2, 0.25) is 11.8 Å². The van der Waals surface area contributed by atoms with Gasteiger partial charge >= 0.3 is 6.18 Å². The van der Waals surface area contributed by atoms with Gasteiger partial charge in [-0.05, 0) is 30.7 Å². The van der Waals surface area contributed by atoms with Gasteiger partial charge in [0.25, 0.3) is 0 Å². The largest absolute Gasteiger partial charge is 0.418 e. The SMILES string of the molecule is CCN(CC(=O)Nc1ccccc1C(F)(F)F)C(=O)Cc1cccc2cccnc12. The third kappa shape index (κ3) is 4.94. The summed E-state index contributed by atoms with van der Waals surface area (Å²) in [7, 11) is 0. The fourth-order valence-electron chi connectivity index (χ4n) is 3.16. The van der Waals surface area contributed by atoms with Crippen LogP contribution in [0.1, 0.15) is 18.1 Å². The Kier molecular flexibility index (Phi) is 6.34. The molecule has 0 bridgehead atoms. The number of carbonyl (C=O) groups excluding carboxylic acids is 2. The highest BCUT2D eigenvalue weighted by Gasteiger charge is 2.33. The van der Waals surface area contributed by atoms with E-state index in [2.05, 4.69) is 10.3 Å². The van der Waals surface area contributed by atoms with Gasteiger partial charge in [-0.25, -0.2) is 0 Å². The zero-order valence-corrected chi connectivity index (χ0v) is 16.2. The van der Waals surface area contributed by atoms with Crippen LogP contribution in [0.5, 0.6) is 0 Å². The lowest BCUT2D eigenvalue weighted by Gasteiger charge is -2.21. The molecular weight excluding hydrogens is 395 g/mol. The van der Waals surface area contributed by atoms with Crippen molar-refractivity contribution in [2.75, 3.05) is 18.4 Å². The number of hydrogen-bond donors (Lipinski definition) is 1. The molecule has 0 fully saturated rings. The Morgan fingerprint density at radius 2 is 1.77 bits per heavy atom. The molecule has 0 aliphatic carbocycles. The second-order valence-electron chi connectivity index (χ2n) is 6.67. The maximum Gasteiger partial charge on any atom is 0.418 e. The zero-order valence-electron chi connectivity index (χ0n) is 16.2. The first-order valence-electron chi connectivity index (χ1n) is 9.36. The van der Waals surface area contributed by atoms with Crippen molar-refractivity contribution in [1.29, 1.82) is 0 Å². The maximum absolute atomic E-state index is 13.1. The predicted molar refractivity (Wildman–Crippen MR) is 108 cm³/mol. The topological polar surface area (TPSA) is 62.3 Å². The first-order chi connectivity index (χ1) is 14.3. The average molecular weight is 415 g/mol. The van der Waals surface area contributed by atoms with Gasteiger partial charge in [0, 0.05) is 18.1 Å². The number of pyridine rings is 1. The van der Waals surface area contributed by atoms with Gasteiger partial charge < -0.3 is 10.2 Å². The Balaban J connectivity index is 1.71. The van der Waals surface area contributed by atoms with E-state index in [1.807, 2.05) is 18.2 Å². The zero-order chi connectivity index (χ0) is 21.7. The number of fused-ring (bicyclic) bond motifs is 1. The highest BCUT2D eigenvalue weighted by Crippen LogP contribution is 2.34. The summed E-state index contributed by atoms with van der Waals surface area (Å²) >= 11 is 0. The molecule has 0 aliphatic heterocycles. The molecule has 5 nitrogen and oxygen atoms in total. The number of anilines is 1. The molecule has 2 aromatic carbocycles. The van der Waals surface area contributed by atoms with Crippen molar-refractivity contribution >= 4 is 28.4 Å². The molecule has 8 heteroatoms. The summed E-state index contributed by atoms with van der Waals surface area (Å²) in [6.45, 7) is 1.60. The smallest absolute Gasteiger partial charge is 0.333 e. The van der Waals surface area contributed by atoms with Gasteiger partial charge in [-0.2, -0.15) is 13.2 Å². The van der Waals surface area contributed by atoms with E-state index in [0.717, 1.165) is 17.0 Å². The van der Waals surface area contributed by atoms with Gasteiger partial charge in [0.1, 0.15) is 0 Å². The monoisotopic (exact) mass is 415 g/mol. The molecule has 3 rings (SSSR count). The molecule has 0 aliphatic rings. The quantitative estimate of drug-likeness (QED) is 0.654. The lowest BCUT2D eigenvalue weighted by Crippen LogP contribution is -2.39. The fraction of sp³-hybridized carbons (Fsp3) is 0.227. The average Bonchev–Trinajstić information content (AvgIpc) is 2.72. The molecule has 1 aromatic heterocycles. The molecule has 0 spiro atoms. The van der Waals surface area contributed by atoms with Crippen LogP contribution in [0.15, 0.2) is 60.8 Å². The number of rotatable bonds is 6. The van der Waals surface area contributed by atoms with Crippen LogP contribution < -0.4 is 5.32 Å². The third-order valence-electron chi connectivity index (χ3n) is 4.63. The van der Waals surface area contributed by atoms with Crippen LogP contribution in [0.3, 0.4) is 0 Å². The van der Waals surface area contributed by atoms with E-state index in [-0.39, 0.29) is 31.1 Å². The number of amides is 2. The molecule has 0 unspecified atom stereocenters. The second-order valence-corrected chi connectivity index (χ2v) is 6.67. The number of aromatic nitrogens is 1. The van der Waals surface area contributed by atoms with E-state index >= 15 is 0 Å². The summed E-state index contributed by atoms with van der Waals surface area (Å²) in [5.41, 5.74) is 0.152. The first kappa shape index (κ1) is 21.3. The van der Waals surface area contributed by atoms with Crippen LogP contribution >= 0.6 is 0 Å². The van der Waals surface area contributed by atoms with Crippen molar-refractivity contribution in [3.63, 3.8) is 0 Å². The molecular formula is C22H20F3N3O2. The van der Waals surface area contributed by atoms with E-state index < -0.39 is 17.6 Å². The highest BCUT2D eigenvalue weighted by atomic mass is 19.4. The Bertz CT molecular complexity index is 1060. The predicted octanol–water partition coefficient (Wildman–Crippen LogP) is 4.28. The molecule has 30 heavy (non-hydrogen) atoms. The van der Waals surface area contributed by atoms with E-state index in [4.69, 9.17) is 0 Å². The standard InChI is InChI=1S/C22H20F3N3O2/c1-2-28(14-19(29)27-18-11-4-3-10-17(18)22(23,24)25)20(30)13-16-8-5-7-15-9-6-12-26-21(15)16/h3-12H,2,13-14H2,1H3,(H,27,29). The number of carbonyl (C=O) groups is 2. The Morgan fingerprint density at radius 1 is 1.03 bits per heavy atom. The van der Waals surface area contributed by atoms with Crippen molar-refractivity contribution in [1.82, 2.24) is 9.88 Å². The Labute approximate surface area is 171 Å². The summed E-state index contributed by atoms with van der Waals surface area (Å²) in [6, 6.07) is 13.9. The summed E-state index contributed by atoms with van der Waals surface area (Å²) in [6.07, 6.45) is -2.92. The van der Waals surface area contributed by atoms with E-state index in [0.29, 0.717) is 5.52 Å². The third-order valence-corrected chi connectivity index (χ3v) is 4.63. The minimum atomic E-state index is -4.59. The van der Waals surface area contributed by atoms with Crippen LogP contribution in [0, 0.1) is 0 Å². The van der Waals surface area contributed by atoms with Gasteiger partial charge in [-0.1, -0.05) is 36.4 Å². The van der Waals surface area contributed by atoms with Crippen LogP contribution in [0.25, 0.3) is 10.9 Å². The summed E-state index contributed by atoms with van der Waals surface area (Å²) in [5, 5.41) is 3.16. The van der Waals surface area contributed by atoms with Crippen LogP contribution in [-0.4, -0.2) is 34.8 Å². The van der Waals surface area contributed by atoms with Crippen molar-refractivity contribution in [2.24, 2.45) is 0 Å². The van der Waals surface area contributed by atoms with Crippen molar-refractivity contribution in [2.45, 2.75) is 19.5 Å². The molecule has 3 aromatic rings. The minimum absolute atomic E-state index is 0.0363. The molecule has 156 valence electrons. The van der Waals surface area contributed by atoms with Crippen LogP contribution in [0.2, 0.25) is 0 Å². The second kappa shape index (κ2) is 8.94. The van der Waals surface area contributed by atoms with Crippen molar-refractivity contribution in [3.8, 4) is 0 Å². The first-order valence-corrected chi connectivity index (χ1v) is 9.36. The number of hydrogen-bond acceptors (Lipinski definition) is 3. The molecule has 0 saturated carbocycles. The Morgan fingerprint density at radius 3 is 2.50 bits per heavy atom. The lowest BCUT2D eigenvalue weighted by molar-refractivity contribution is -0.137. The number of likely N-dealkylation sites (N-methyl/N-ethyl adjacent to an activating group) is 1. The van der Waals surface area contributed by atoms with E-state index in [1.165, 1.54) is 23.1 Å². The molecule has 0 saturated heterocycles. The van der Waals surface area contributed by atoms with E-state index in [1.54, 1.807) is 25.3 Å². The van der Waals surface area contributed by atoms with Gasteiger partial charge in [0.05, 0.1) is 29.7 Å². The van der Waals surface area contributed by atoms with Gasteiger partial charge in [0.15, 0.2) is 0 Å². The normalized spacial score (nSPS) is 11.3. The lowest BCUT2D eigenvalue weighted by atomic mass is 10.1. The summed E-state index contributed by atoms with van der Waals surface area (Å²) in [5.74, 6) is -1.01. The number of alkyl halides is 3. The number of nitrogens with zero attached hydrogens (tertiary/aromatic N) is 2. The van der Waals surface area contributed by atoms with Crippen LogP contribution in [-0.2, 0) is 22.2 Å². The molecule has 0 radical (unpaired) electrons. The molecule has 1 heterocycles.